The predicted octanol–water partition coefficient (Wildman–Crippen LogP) is 1.70. The summed E-state index contributed by atoms with van der Waals surface area (Å²) in [6.45, 7) is 6.14. The lowest BCUT2D eigenvalue weighted by Gasteiger charge is -2.33. The summed E-state index contributed by atoms with van der Waals surface area (Å²) < 4.78 is 0. The molecular weight excluding hydrogens is 176 g/mol. The Morgan fingerprint density at radius 1 is 1.14 bits per heavy atom. The fourth-order valence-corrected chi connectivity index (χ4v) is 1.72. The molecule has 14 heavy (non-hydrogen) atoms. The van der Waals surface area contributed by atoms with Crippen molar-refractivity contribution in [3.05, 3.63) is 11.4 Å². The molecule has 1 aliphatic rings. The van der Waals surface area contributed by atoms with Gasteiger partial charge in [-0.3, -0.25) is 0 Å². The summed E-state index contributed by atoms with van der Waals surface area (Å²) in [7, 11) is 0. The van der Waals surface area contributed by atoms with Crippen LogP contribution in [0, 0.1) is 19.8 Å². The predicted molar refractivity (Wildman–Crippen MR) is 55.1 cm³/mol. The summed E-state index contributed by atoms with van der Waals surface area (Å²) in [5.41, 5.74) is 1.85. The summed E-state index contributed by atoms with van der Waals surface area (Å²) in [5, 5.41) is 11.3. The highest BCUT2D eigenvalue weighted by Gasteiger charge is 2.25. The SMILES string of the molecule is Cc1nnc(NC2CC(C)C2)nc1C. The van der Waals surface area contributed by atoms with Crippen LogP contribution in [0.2, 0.25) is 0 Å². The molecule has 1 saturated carbocycles. The number of hydrogen-bond acceptors (Lipinski definition) is 4. The van der Waals surface area contributed by atoms with E-state index in [-0.39, 0.29) is 0 Å². The summed E-state index contributed by atoms with van der Waals surface area (Å²) in [6.07, 6.45) is 2.44. The maximum Gasteiger partial charge on any atom is 0.243 e. The summed E-state index contributed by atoms with van der Waals surface area (Å²) in [4.78, 5) is 4.33. The third kappa shape index (κ3) is 1.84. The quantitative estimate of drug-likeness (QED) is 0.774. The van der Waals surface area contributed by atoms with E-state index in [0.717, 1.165) is 17.3 Å². The highest BCUT2D eigenvalue weighted by Crippen LogP contribution is 2.28. The summed E-state index contributed by atoms with van der Waals surface area (Å²) in [5.74, 6) is 1.51. The Labute approximate surface area is 84.2 Å². The Bertz CT molecular complexity index is 331. The van der Waals surface area contributed by atoms with Crippen LogP contribution in [0.25, 0.3) is 0 Å². The third-order valence-corrected chi connectivity index (χ3v) is 2.80. The number of aromatic nitrogens is 3. The lowest BCUT2D eigenvalue weighted by molar-refractivity contribution is 0.307. The average molecular weight is 192 g/mol. The minimum atomic E-state index is 0.550. The van der Waals surface area contributed by atoms with E-state index >= 15 is 0 Å². The van der Waals surface area contributed by atoms with Crippen LogP contribution in [0.4, 0.5) is 5.95 Å². The average Bonchev–Trinajstić information content (AvgIpc) is 2.09. The molecule has 2 rings (SSSR count). The van der Waals surface area contributed by atoms with Crippen molar-refractivity contribution in [2.75, 3.05) is 5.32 Å². The summed E-state index contributed by atoms with van der Waals surface area (Å²) >= 11 is 0. The van der Waals surface area contributed by atoms with Gasteiger partial charge in [0, 0.05) is 6.04 Å². The second-order valence-corrected chi connectivity index (χ2v) is 4.22. The van der Waals surface area contributed by atoms with Gasteiger partial charge >= 0.3 is 0 Å². The van der Waals surface area contributed by atoms with E-state index in [1.54, 1.807) is 0 Å². The van der Waals surface area contributed by atoms with E-state index in [1.165, 1.54) is 12.8 Å². The zero-order valence-corrected chi connectivity index (χ0v) is 8.91. The van der Waals surface area contributed by atoms with Crippen molar-refractivity contribution in [1.29, 1.82) is 0 Å². The largest absolute Gasteiger partial charge is 0.350 e. The van der Waals surface area contributed by atoms with E-state index in [0.29, 0.717) is 12.0 Å². The second-order valence-electron chi connectivity index (χ2n) is 4.22. The van der Waals surface area contributed by atoms with Crippen molar-refractivity contribution >= 4 is 5.95 Å². The molecule has 1 aromatic heterocycles. The van der Waals surface area contributed by atoms with Crippen molar-refractivity contribution in [1.82, 2.24) is 15.2 Å². The molecule has 0 unspecified atom stereocenters. The molecule has 1 N–H and O–H groups in total. The van der Waals surface area contributed by atoms with Crippen molar-refractivity contribution in [2.45, 2.75) is 39.7 Å². The van der Waals surface area contributed by atoms with Gasteiger partial charge in [-0.05, 0) is 32.6 Å². The van der Waals surface area contributed by atoms with Crippen LogP contribution in [0.5, 0.6) is 0 Å². The van der Waals surface area contributed by atoms with E-state index in [1.807, 2.05) is 13.8 Å². The van der Waals surface area contributed by atoms with Crippen molar-refractivity contribution in [3.63, 3.8) is 0 Å². The lowest BCUT2D eigenvalue weighted by atomic mass is 9.82. The first-order chi connectivity index (χ1) is 6.65. The van der Waals surface area contributed by atoms with E-state index in [4.69, 9.17) is 0 Å². The molecule has 4 heteroatoms. The molecule has 1 heterocycles. The fourth-order valence-electron chi connectivity index (χ4n) is 1.72. The van der Waals surface area contributed by atoms with Gasteiger partial charge in [0.2, 0.25) is 5.95 Å². The first-order valence-corrected chi connectivity index (χ1v) is 5.09. The van der Waals surface area contributed by atoms with Crippen LogP contribution in [-0.4, -0.2) is 21.2 Å². The topological polar surface area (TPSA) is 50.7 Å². The Hall–Kier alpha value is -1.19. The zero-order chi connectivity index (χ0) is 10.1. The van der Waals surface area contributed by atoms with Crippen LogP contribution in [-0.2, 0) is 0 Å². The number of rotatable bonds is 2. The van der Waals surface area contributed by atoms with Gasteiger partial charge in [-0.2, -0.15) is 5.10 Å². The molecule has 1 fully saturated rings. The molecule has 0 bridgehead atoms. The van der Waals surface area contributed by atoms with Crippen LogP contribution in [0.1, 0.15) is 31.2 Å². The second kappa shape index (κ2) is 3.52. The van der Waals surface area contributed by atoms with Gasteiger partial charge < -0.3 is 5.32 Å². The smallest absolute Gasteiger partial charge is 0.243 e. The molecule has 4 nitrogen and oxygen atoms in total. The van der Waals surface area contributed by atoms with Gasteiger partial charge in [0.15, 0.2) is 0 Å². The van der Waals surface area contributed by atoms with Crippen molar-refractivity contribution in [3.8, 4) is 0 Å². The summed E-state index contributed by atoms with van der Waals surface area (Å²) in [6, 6.07) is 0.550. The molecule has 0 radical (unpaired) electrons. The normalized spacial score (nSPS) is 25.6. The number of nitrogens with zero attached hydrogens (tertiary/aromatic N) is 3. The maximum absolute atomic E-state index is 4.33. The first kappa shape index (κ1) is 9.37. The Morgan fingerprint density at radius 3 is 2.43 bits per heavy atom. The molecule has 1 aliphatic carbocycles. The molecule has 0 spiro atoms. The highest BCUT2D eigenvalue weighted by atomic mass is 15.2. The molecule has 0 amide bonds. The fraction of sp³-hybridized carbons (Fsp3) is 0.700. The Kier molecular flexibility index (Phi) is 2.35. The van der Waals surface area contributed by atoms with Crippen molar-refractivity contribution in [2.24, 2.45) is 5.92 Å². The van der Waals surface area contributed by atoms with Gasteiger partial charge in [-0.25, -0.2) is 4.98 Å². The molecule has 0 aliphatic heterocycles. The van der Waals surface area contributed by atoms with E-state index in [2.05, 4.69) is 27.4 Å². The molecule has 0 saturated heterocycles. The molecule has 1 aromatic rings. The van der Waals surface area contributed by atoms with E-state index in [9.17, 15) is 0 Å². The maximum atomic E-state index is 4.33. The molecular formula is C10H16N4. The standard InChI is InChI=1S/C10H16N4/c1-6-4-9(5-6)12-10-11-7(2)8(3)13-14-10/h6,9H,4-5H2,1-3H3,(H,11,12,14). The first-order valence-electron chi connectivity index (χ1n) is 5.09. The van der Waals surface area contributed by atoms with Crippen LogP contribution >= 0.6 is 0 Å². The van der Waals surface area contributed by atoms with Gasteiger partial charge in [0.1, 0.15) is 0 Å². The minimum absolute atomic E-state index is 0.550. The van der Waals surface area contributed by atoms with E-state index < -0.39 is 0 Å². The Morgan fingerprint density at radius 2 is 1.86 bits per heavy atom. The van der Waals surface area contributed by atoms with Gasteiger partial charge in [0.05, 0.1) is 11.4 Å². The van der Waals surface area contributed by atoms with Crippen molar-refractivity contribution < 1.29 is 0 Å². The van der Waals surface area contributed by atoms with Crippen LogP contribution < -0.4 is 5.32 Å². The highest BCUT2D eigenvalue weighted by molar-refractivity contribution is 5.27. The van der Waals surface area contributed by atoms with Crippen LogP contribution in [0.3, 0.4) is 0 Å². The number of hydrogen-bond donors (Lipinski definition) is 1. The zero-order valence-electron chi connectivity index (χ0n) is 8.91. The number of aryl methyl sites for hydroxylation is 2. The molecule has 76 valence electrons. The number of nitrogens with one attached hydrogen (secondary N) is 1. The van der Waals surface area contributed by atoms with Crippen LogP contribution in [0.15, 0.2) is 0 Å². The minimum Gasteiger partial charge on any atom is -0.350 e. The molecule has 0 atom stereocenters. The number of anilines is 1. The van der Waals surface area contributed by atoms with Gasteiger partial charge in [0.25, 0.3) is 0 Å². The lowest BCUT2D eigenvalue weighted by Crippen LogP contribution is -2.34. The monoisotopic (exact) mass is 192 g/mol. The molecule has 0 aromatic carbocycles. The Balaban J connectivity index is 2.00. The van der Waals surface area contributed by atoms with Gasteiger partial charge in [-0.15, -0.1) is 5.10 Å². The van der Waals surface area contributed by atoms with Gasteiger partial charge in [-0.1, -0.05) is 6.92 Å². The third-order valence-electron chi connectivity index (χ3n) is 2.80.